The van der Waals surface area contributed by atoms with E-state index in [-0.39, 0.29) is 47.1 Å². The minimum Gasteiger partial charge on any atom is -0.505 e. The van der Waals surface area contributed by atoms with Crippen LogP contribution in [0.15, 0.2) is 65.4 Å². The standard InChI is InChI=1S/C24H16F3N3O3/c25-16-6-2-7-17(26)15(16)11-18-23-29-19(10-13-4-3-9-33-13)24(32)30(23)12-20(28-18)14-5-1-8-21(31)22(14)27/h1-9,12,19,31H,10-11H2/p+1. The highest BCUT2D eigenvalue weighted by molar-refractivity contribution is 5.82. The van der Waals surface area contributed by atoms with Gasteiger partial charge in [-0.3, -0.25) is 5.32 Å². The summed E-state index contributed by atoms with van der Waals surface area (Å²) in [6.45, 7) is 0. The van der Waals surface area contributed by atoms with Crippen LogP contribution in [0.3, 0.4) is 0 Å². The van der Waals surface area contributed by atoms with Gasteiger partial charge >= 0.3 is 11.7 Å². The molecule has 166 valence electrons. The number of benzene rings is 2. The molecule has 0 amide bonds. The van der Waals surface area contributed by atoms with Crippen molar-refractivity contribution < 1.29 is 32.1 Å². The number of phenolic OH excluding ortho intramolecular Hbond substituents is 1. The van der Waals surface area contributed by atoms with Crippen LogP contribution < -0.4 is 9.88 Å². The molecule has 1 aliphatic heterocycles. The van der Waals surface area contributed by atoms with E-state index in [0.717, 1.165) is 12.1 Å². The Labute approximate surface area is 186 Å². The zero-order valence-electron chi connectivity index (χ0n) is 17.1. The molecule has 33 heavy (non-hydrogen) atoms. The first-order valence-corrected chi connectivity index (χ1v) is 10.1. The average Bonchev–Trinajstić information content (AvgIpc) is 3.41. The minimum absolute atomic E-state index is 0.0349. The summed E-state index contributed by atoms with van der Waals surface area (Å²) < 4.78 is 49.9. The molecule has 0 radical (unpaired) electrons. The summed E-state index contributed by atoms with van der Waals surface area (Å²) >= 11 is 0. The molecule has 1 unspecified atom stereocenters. The summed E-state index contributed by atoms with van der Waals surface area (Å²) in [6.07, 6.45) is 2.78. The van der Waals surface area contributed by atoms with Crippen LogP contribution in [0.1, 0.15) is 21.8 Å². The van der Waals surface area contributed by atoms with Gasteiger partial charge in [0.15, 0.2) is 11.6 Å². The maximum Gasteiger partial charge on any atom is 0.359 e. The molecule has 0 saturated heterocycles. The van der Waals surface area contributed by atoms with Gasteiger partial charge in [0, 0.05) is 17.5 Å². The van der Waals surface area contributed by atoms with E-state index in [1.54, 1.807) is 12.1 Å². The number of carbonyl (C=O) groups is 1. The predicted molar refractivity (Wildman–Crippen MR) is 111 cm³/mol. The number of hydrogen-bond acceptors (Lipinski definition) is 5. The first-order chi connectivity index (χ1) is 15.9. The summed E-state index contributed by atoms with van der Waals surface area (Å²) in [5, 5.41) is 12.8. The van der Waals surface area contributed by atoms with Crippen molar-refractivity contribution in [3.05, 3.63) is 95.5 Å². The molecule has 1 atom stereocenters. The molecule has 2 aromatic heterocycles. The van der Waals surface area contributed by atoms with Crippen LogP contribution in [0.25, 0.3) is 11.3 Å². The summed E-state index contributed by atoms with van der Waals surface area (Å²) in [5.41, 5.74) is -0.102. The fraction of sp³-hybridized carbons (Fsp3) is 0.125. The van der Waals surface area contributed by atoms with Crippen molar-refractivity contribution in [3.8, 4) is 17.0 Å². The largest absolute Gasteiger partial charge is 0.505 e. The van der Waals surface area contributed by atoms with E-state index < -0.39 is 29.2 Å². The van der Waals surface area contributed by atoms with Crippen LogP contribution in [0.2, 0.25) is 0 Å². The van der Waals surface area contributed by atoms with Gasteiger partial charge in [-0.15, -0.1) is 0 Å². The molecule has 3 heterocycles. The molecular weight excluding hydrogens is 435 g/mol. The van der Waals surface area contributed by atoms with Gasteiger partial charge in [-0.05, 0) is 36.4 Å². The van der Waals surface area contributed by atoms with E-state index >= 15 is 0 Å². The predicted octanol–water partition coefficient (Wildman–Crippen LogP) is 4.02. The number of nitrogens with one attached hydrogen (secondary N) is 1. The van der Waals surface area contributed by atoms with Crippen LogP contribution in [0.4, 0.5) is 19.0 Å². The number of hydrogen-bond donors (Lipinski definition) is 2. The van der Waals surface area contributed by atoms with Gasteiger partial charge in [-0.25, -0.2) is 22.9 Å². The number of furan rings is 1. The van der Waals surface area contributed by atoms with E-state index in [0.29, 0.717) is 5.76 Å². The van der Waals surface area contributed by atoms with Gasteiger partial charge in [0.25, 0.3) is 0 Å². The smallest absolute Gasteiger partial charge is 0.359 e. The SMILES string of the molecule is O=C1C(Cc2ccco2)Nc2c(Cc3c(F)cccc3F)nc(-c3cccc(O)c3F)c[n+]21. The number of anilines is 1. The molecule has 2 aromatic carbocycles. The molecular formula is C24H17F3N3O3+. The van der Waals surface area contributed by atoms with Gasteiger partial charge in [0.1, 0.15) is 35.0 Å². The van der Waals surface area contributed by atoms with Gasteiger partial charge in [0.2, 0.25) is 6.04 Å². The van der Waals surface area contributed by atoms with Crippen molar-refractivity contribution in [2.24, 2.45) is 0 Å². The molecule has 0 saturated carbocycles. The third-order valence-electron chi connectivity index (χ3n) is 5.51. The topological polar surface area (TPSA) is 79.2 Å². The fourth-order valence-electron chi connectivity index (χ4n) is 3.88. The van der Waals surface area contributed by atoms with Crippen LogP contribution in [0.5, 0.6) is 5.75 Å². The molecule has 4 aromatic rings. The van der Waals surface area contributed by atoms with E-state index in [1.807, 2.05) is 0 Å². The Balaban J connectivity index is 1.63. The van der Waals surface area contributed by atoms with Crippen molar-refractivity contribution in [2.75, 3.05) is 5.32 Å². The maximum atomic E-state index is 14.6. The van der Waals surface area contributed by atoms with E-state index in [2.05, 4.69) is 10.3 Å². The van der Waals surface area contributed by atoms with Gasteiger partial charge in [-0.2, -0.15) is 4.57 Å². The summed E-state index contributed by atoms with van der Waals surface area (Å²) in [6, 6.07) is 10.2. The minimum atomic E-state index is -0.917. The number of carbonyl (C=O) groups excluding carboxylic acids is 1. The molecule has 5 rings (SSSR count). The molecule has 0 spiro atoms. The normalized spacial score (nSPS) is 14.9. The van der Waals surface area contributed by atoms with E-state index in [9.17, 15) is 23.1 Å². The highest BCUT2D eigenvalue weighted by atomic mass is 19.1. The van der Waals surface area contributed by atoms with Crippen molar-refractivity contribution in [3.63, 3.8) is 0 Å². The lowest BCUT2D eigenvalue weighted by Crippen LogP contribution is -2.44. The average molecular weight is 452 g/mol. The second kappa shape index (κ2) is 8.09. The number of rotatable bonds is 5. The quantitative estimate of drug-likeness (QED) is 0.447. The lowest BCUT2D eigenvalue weighted by molar-refractivity contribution is -0.552. The van der Waals surface area contributed by atoms with Crippen LogP contribution in [-0.4, -0.2) is 22.0 Å². The highest BCUT2D eigenvalue weighted by Crippen LogP contribution is 2.30. The second-order valence-corrected chi connectivity index (χ2v) is 7.63. The molecule has 9 heteroatoms. The van der Waals surface area contributed by atoms with Crippen molar-refractivity contribution in [1.82, 2.24) is 4.98 Å². The lowest BCUT2D eigenvalue weighted by Gasteiger charge is -2.09. The Hall–Kier alpha value is -4.14. The Morgan fingerprint density at radius 2 is 1.82 bits per heavy atom. The zero-order valence-corrected chi connectivity index (χ0v) is 17.1. The lowest BCUT2D eigenvalue weighted by atomic mass is 10.1. The number of halogens is 3. The fourth-order valence-corrected chi connectivity index (χ4v) is 3.88. The Morgan fingerprint density at radius 3 is 2.55 bits per heavy atom. The van der Waals surface area contributed by atoms with E-state index in [1.165, 1.54) is 41.3 Å². The van der Waals surface area contributed by atoms with Crippen molar-refractivity contribution in [2.45, 2.75) is 18.9 Å². The van der Waals surface area contributed by atoms with Crippen molar-refractivity contribution >= 4 is 11.7 Å². The number of fused-ring (bicyclic) bond motifs is 1. The maximum absolute atomic E-state index is 14.6. The van der Waals surface area contributed by atoms with E-state index in [4.69, 9.17) is 4.42 Å². The van der Waals surface area contributed by atoms with Gasteiger partial charge in [-0.1, -0.05) is 12.1 Å². The molecule has 2 N–H and O–H groups in total. The summed E-state index contributed by atoms with van der Waals surface area (Å²) in [5.74, 6) is -2.56. The summed E-state index contributed by atoms with van der Waals surface area (Å²) in [7, 11) is 0. The van der Waals surface area contributed by atoms with Crippen LogP contribution in [0, 0.1) is 17.5 Å². The third kappa shape index (κ3) is 3.71. The molecule has 6 nitrogen and oxygen atoms in total. The Bertz CT molecular complexity index is 1350. The van der Waals surface area contributed by atoms with Crippen LogP contribution in [-0.2, 0) is 12.8 Å². The summed E-state index contributed by atoms with van der Waals surface area (Å²) in [4.78, 5) is 17.6. The van der Waals surface area contributed by atoms with Gasteiger partial charge < -0.3 is 9.52 Å². The first kappa shape index (κ1) is 20.7. The molecule has 0 bridgehead atoms. The molecule has 1 aliphatic rings. The number of phenols is 1. The zero-order chi connectivity index (χ0) is 23.1. The molecule has 0 fully saturated rings. The number of aromatic nitrogens is 2. The van der Waals surface area contributed by atoms with Gasteiger partial charge in [0.05, 0.1) is 12.7 Å². The van der Waals surface area contributed by atoms with Crippen molar-refractivity contribution in [1.29, 1.82) is 0 Å². The monoisotopic (exact) mass is 452 g/mol. The van der Waals surface area contributed by atoms with Crippen LogP contribution >= 0.6 is 0 Å². The third-order valence-corrected chi connectivity index (χ3v) is 5.51. The second-order valence-electron chi connectivity index (χ2n) is 7.63. The number of aromatic hydroxyl groups is 1. The molecule has 0 aliphatic carbocycles. The Kier molecular flexibility index (Phi) is 5.08. The first-order valence-electron chi connectivity index (χ1n) is 10.1. The number of nitrogens with zero attached hydrogens (tertiary/aromatic N) is 2. The highest BCUT2D eigenvalue weighted by Gasteiger charge is 2.42. The Morgan fingerprint density at radius 1 is 1.06 bits per heavy atom.